The third kappa shape index (κ3) is 3.45. The number of methoxy groups -OCH3 is 2. The summed E-state index contributed by atoms with van der Waals surface area (Å²) < 4.78 is 24.1. The van der Waals surface area contributed by atoms with Gasteiger partial charge in [-0.15, -0.1) is 0 Å². The van der Waals surface area contributed by atoms with E-state index in [0.717, 1.165) is 12.0 Å². The van der Waals surface area contributed by atoms with Gasteiger partial charge in [-0.2, -0.15) is 0 Å². The summed E-state index contributed by atoms with van der Waals surface area (Å²) in [6, 6.07) is 10.1. The number of amides is 1. The molecule has 4 nitrogen and oxygen atoms in total. The molecule has 1 heterocycles. The van der Waals surface area contributed by atoms with E-state index in [1.165, 1.54) is 17.7 Å². The molecule has 0 spiro atoms. The Kier molecular flexibility index (Phi) is 4.93. The maximum atomic E-state index is 13.3. The molecule has 132 valence electrons. The molecule has 1 amide bonds. The lowest BCUT2D eigenvalue weighted by Gasteiger charge is -2.36. The molecule has 0 aliphatic carbocycles. The van der Waals surface area contributed by atoms with Crippen molar-refractivity contribution < 1.29 is 18.7 Å². The van der Waals surface area contributed by atoms with Crippen LogP contribution in [0.25, 0.3) is 0 Å². The van der Waals surface area contributed by atoms with Crippen LogP contribution in [-0.4, -0.2) is 31.6 Å². The molecule has 0 saturated carbocycles. The molecular formula is C20H22FNO3. The molecule has 0 N–H and O–H groups in total. The average molecular weight is 343 g/mol. The predicted octanol–water partition coefficient (Wildman–Crippen LogP) is 3.53. The summed E-state index contributed by atoms with van der Waals surface area (Å²) in [5.41, 5.74) is 2.92. The van der Waals surface area contributed by atoms with Crippen molar-refractivity contribution in [2.75, 3.05) is 20.8 Å². The van der Waals surface area contributed by atoms with Crippen LogP contribution < -0.4 is 9.47 Å². The van der Waals surface area contributed by atoms with Gasteiger partial charge in [-0.25, -0.2) is 4.39 Å². The third-order valence-corrected chi connectivity index (χ3v) is 4.75. The zero-order valence-corrected chi connectivity index (χ0v) is 14.7. The van der Waals surface area contributed by atoms with Gasteiger partial charge in [0.2, 0.25) is 5.91 Å². The second-order valence-corrected chi connectivity index (χ2v) is 6.23. The maximum absolute atomic E-state index is 13.3. The second kappa shape index (κ2) is 7.13. The van der Waals surface area contributed by atoms with Crippen molar-refractivity contribution in [3.05, 3.63) is 58.9 Å². The van der Waals surface area contributed by atoms with Crippen molar-refractivity contribution in [1.29, 1.82) is 0 Å². The fraction of sp³-hybridized carbons (Fsp3) is 0.350. The van der Waals surface area contributed by atoms with Gasteiger partial charge in [0, 0.05) is 6.54 Å². The summed E-state index contributed by atoms with van der Waals surface area (Å²) in [5, 5.41) is 0. The second-order valence-electron chi connectivity index (χ2n) is 6.23. The van der Waals surface area contributed by atoms with E-state index in [1.807, 2.05) is 24.0 Å². The first-order valence-corrected chi connectivity index (χ1v) is 8.32. The lowest BCUT2D eigenvalue weighted by atomic mass is 9.92. The highest BCUT2D eigenvalue weighted by Gasteiger charge is 2.29. The summed E-state index contributed by atoms with van der Waals surface area (Å²) in [6.07, 6.45) is 0.958. The Morgan fingerprint density at radius 2 is 1.92 bits per heavy atom. The SMILES string of the molecule is COc1cc2c(cc1OC)C(C)N(C(=O)Cc1cccc(F)c1)CC2. The molecule has 0 radical (unpaired) electrons. The van der Waals surface area contributed by atoms with Crippen molar-refractivity contribution in [2.45, 2.75) is 25.8 Å². The summed E-state index contributed by atoms with van der Waals surface area (Å²) in [7, 11) is 3.22. The van der Waals surface area contributed by atoms with Crippen molar-refractivity contribution in [3.63, 3.8) is 0 Å². The number of carbonyl (C=O) groups excluding carboxylic acids is 1. The summed E-state index contributed by atoms with van der Waals surface area (Å²) in [5.74, 6) is 1.04. The van der Waals surface area contributed by atoms with E-state index in [1.54, 1.807) is 26.4 Å². The fourth-order valence-corrected chi connectivity index (χ4v) is 3.41. The number of fused-ring (bicyclic) bond motifs is 1. The molecule has 25 heavy (non-hydrogen) atoms. The number of carbonyl (C=O) groups is 1. The van der Waals surface area contributed by atoms with Gasteiger partial charge in [0.15, 0.2) is 11.5 Å². The number of hydrogen-bond acceptors (Lipinski definition) is 3. The van der Waals surface area contributed by atoms with Crippen LogP contribution >= 0.6 is 0 Å². The van der Waals surface area contributed by atoms with E-state index in [0.29, 0.717) is 23.6 Å². The van der Waals surface area contributed by atoms with E-state index in [4.69, 9.17) is 9.47 Å². The molecular weight excluding hydrogens is 321 g/mol. The van der Waals surface area contributed by atoms with Gasteiger partial charge in [-0.3, -0.25) is 4.79 Å². The fourth-order valence-electron chi connectivity index (χ4n) is 3.41. The van der Waals surface area contributed by atoms with E-state index >= 15 is 0 Å². The molecule has 0 bridgehead atoms. The standard InChI is InChI=1S/C20H22FNO3/c1-13-17-12-19(25-3)18(24-2)11-15(17)7-8-22(13)20(23)10-14-5-4-6-16(21)9-14/h4-6,9,11-13H,7-8,10H2,1-3H3. The van der Waals surface area contributed by atoms with Crippen LogP contribution in [0.4, 0.5) is 4.39 Å². The average Bonchev–Trinajstić information content (AvgIpc) is 2.61. The molecule has 1 aliphatic heterocycles. The molecule has 0 saturated heterocycles. The number of nitrogens with zero attached hydrogens (tertiary/aromatic N) is 1. The third-order valence-electron chi connectivity index (χ3n) is 4.75. The van der Waals surface area contributed by atoms with Crippen molar-refractivity contribution in [1.82, 2.24) is 4.90 Å². The first-order valence-electron chi connectivity index (χ1n) is 8.32. The molecule has 0 aromatic heterocycles. The van der Waals surface area contributed by atoms with Gasteiger partial charge in [-0.1, -0.05) is 12.1 Å². The number of rotatable bonds is 4. The minimum atomic E-state index is -0.320. The topological polar surface area (TPSA) is 38.8 Å². The number of benzene rings is 2. The highest BCUT2D eigenvalue weighted by molar-refractivity contribution is 5.79. The maximum Gasteiger partial charge on any atom is 0.227 e. The van der Waals surface area contributed by atoms with Crippen LogP contribution in [0.5, 0.6) is 11.5 Å². The van der Waals surface area contributed by atoms with E-state index < -0.39 is 0 Å². The molecule has 1 atom stereocenters. The highest BCUT2D eigenvalue weighted by Crippen LogP contribution is 2.38. The van der Waals surface area contributed by atoms with Crippen LogP contribution in [0.2, 0.25) is 0 Å². The largest absolute Gasteiger partial charge is 0.493 e. The highest BCUT2D eigenvalue weighted by atomic mass is 19.1. The van der Waals surface area contributed by atoms with Crippen molar-refractivity contribution in [3.8, 4) is 11.5 Å². The monoisotopic (exact) mass is 343 g/mol. The minimum absolute atomic E-state index is 0.00136. The smallest absolute Gasteiger partial charge is 0.227 e. The van der Waals surface area contributed by atoms with Crippen LogP contribution in [0.1, 0.15) is 29.7 Å². The molecule has 2 aromatic carbocycles. The lowest BCUT2D eigenvalue weighted by Crippen LogP contribution is -2.39. The molecule has 2 aromatic rings. The van der Waals surface area contributed by atoms with Crippen LogP contribution in [0.15, 0.2) is 36.4 Å². The van der Waals surface area contributed by atoms with E-state index in [9.17, 15) is 9.18 Å². The van der Waals surface area contributed by atoms with Crippen LogP contribution in [0.3, 0.4) is 0 Å². The van der Waals surface area contributed by atoms with Gasteiger partial charge in [0.05, 0.1) is 26.7 Å². The number of hydrogen-bond donors (Lipinski definition) is 0. The van der Waals surface area contributed by atoms with Gasteiger partial charge >= 0.3 is 0 Å². The number of halogens is 1. The zero-order valence-electron chi connectivity index (χ0n) is 14.7. The van der Waals surface area contributed by atoms with Crippen molar-refractivity contribution >= 4 is 5.91 Å². The molecule has 1 aliphatic rings. The molecule has 3 rings (SSSR count). The Balaban J connectivity index is 1.83. The van der Waals surface area contributed by atoms with Crippen LogP contribution in [-0.2, 0) is 17.6 Å². The Hall–Kier alpha value is -2.56. The van der Waals surface area contributed by atoms with E-state index in [-0.39, 0.29) is 24.2 Å². The quantitative estimate of drug-likeness (QED) is 0.852. The van der Waals surface area contributed by atoms with Gasteiger partial charge < -0.3 is 14.4 Å². The number of ether oxygens (including phenoxy) is 2. The summed E-state index contributed by atoms with van der Waals surface area (Å²) in [6.45, 7) is 2.64. The van der Waals surface area contributed by atoms with Crippen molar-refractivity contribution in [2.24, 2.45) is 0 Å². The molecule has 5 heteroatoms. The Morgan fingerprint density at radius 1 is 1.20 bits per heavy atom. The summed E-state index contributed by atoms with van der Waals surface area (Å²) in [4.78, 5) is 14.6. The minimum Gasteiger partial charge on any atom is -0.493 e. The Morgan fingerprint density at radius 3 is 2.60 bits per heavy atom. The molecule has 1 unspecified atom stereocenters. The first-order chi connectivity index (χ1) is 12.0. The van der Waals surface area contributed by atoms with Gasteiger partial charge in [-0.05, 0) is 54.3 Å². The van der Waals surface area contributed by atoms with E-state index in [2.05, 4.69) is 0 Å². The molecule has 0 fully saturated rings. The lowest BCUT2D eigenvalue weighted by molar-refractivity contribution is -0.133. The predicted molar refractivity (Wildman–Crippen MR) is 93.5 cm³/mol. The first kappa shape index (κ1) is 17.3. The zero-order chi connectivity index (χ0) is 18.0. The summed E-state index contributed by atoms with van der Waals surface area (Å²) >= 11 is 0. The van der Waals surface area contributed by atoms with Gasteiger partial charge in [0.1, 0.15) is 5.82 Å². The van der Waals surface area contributed by atoms with Crippen LogP contribution in [0, 0.1) is 5.82 Å². The Labute approximate surface area is 147 Å². The van der Waals surface area contributed by atoms with Gasteiger partial charge in [0.25, 0.3) is 0 Å². The Bertz CT molecular complexity index is 791. The normalized spacial score (nSPS) is 16.3.